The van der Waals surface area contributed by atoms with Crippen LogP contribution in [0.25, 0.3) is 0 Å². The van der Waals surface area contributed by atoms with Crippen molar-refractivity contribution in [1.29, 1.82) is 0 Å². The van der Waals surface area contributed by atoms with E-state index < -0.39 is 29.4 Å². The molecular weight excluding hydrogens is 378 g/mol. The number of anilines is 1. The van der Waals surface area contributed by atoms with Crippen molar-refractivity contribution in [2.75, 3.05) is 24.6 Å². The van der Waals surface area contributed by atoms with Crippen molar-refractivity contribution in [3.8, 4) is 0 Å². The Labute approximate surface area is 169 Å². The first-order valence-corrected chi connectivity index (χ1v) is 10.6. The number of carbonyl (C=O) groups is 2. The Kier molecular flexibility index (Phi) is 5.60. The number of ether oxygens (including phenoxy) is 1. The summed E-state index contributed by atoms with van der Waals surface area (Å²) in [4.78, 5) is 25.3. The lowest BCUT2D eigenvalue weighted by Crippen LogP contribution is -2.49. The summed E-state index contributed by atoms with van der Waals surface area (Å²) in [6.07, 6.45) is 5.28. The number of hydrogen-bond acceptors (Lipinski definition) is 4. The quantitative estimate of drug-likeness (QED) is 0.779. The Morgan fingerprint density at radius 2 is 1.83 bits per heavy atom. The van der Waals surface area contributed by atoms with Crippen LogP contribution in [0.15, 0.2) is 12.1 Å². The second kappa shape index (κ2) is 8.01. The van der Waals surface area contributed by atoms with Crippen molar-refractivity contribution < 1.29 is 23.1 Å². The molecule has 3 aliphatic rings. The Bertz CT molecular complexity index is 772. The second-order valence-corrected chi connectivity index (χ2v) is 8.62. The van der Waals surface area contributed by atoms with Crippen LogP contribution in [0.3, 0.4) is 0 Å². The molecular formula is C22H28F2N2O3. The molecule has 5 nitrogen and oxygen atoms in total. The molecule has 3 heterocycles. The molecule has 1 unspecified atom stereocenters. The van der Waals surface area contributed by atoms with E-state index in [2.05, 4.69) is 12.2 Å². The summed E-state index contributed by atoms with van der Waals surface area (Å²) in [6, 6.07) is 2.63. The average Bonchev–Trinajstić information content (AvgIpc) is 2.70. The number of hydrogen-bond donors (Lipinski definition) is 1. The molecule has 0 aromatic heterocycles. The van der Waals surface area contributed by atoms with Crippen molar-refractivity contribution in [3.63, 3.8) is 0 Å². The summed E-state index contributed by atoms with van der Waals surface area (Å²) in [7, 11) is 0. The van der Waals surface area contributed by atoms with Crippen molar-refractivity contribution in [1.82, 2.24) is 5.32 Å². The van der Waals surface area contributed by atoms with Gasteiger partial charge < -0.3 is 9.64 Å². The number of nitrogens with one attached hydrogen (secondary N) is 1. The van der Waals surface area contributed by atoms with Gasteiger partial charge in [0.15, 0.2) is 0 Å². The number of piperidine rings is 2. The van der Waals surface area contributed by atoms with Crippen molar-refractivity contribution in [2.24, 2.45) is 5.92 Å². The monoisotopic (exact) mass is 406 g/mol. The zero-order valence-corrected chi connectivity index (χ0v) is 16.8. The summed E-state index contributed by atoms with van der Waals surface area (Å²) >= 11 is 0. The first-order chi connectivity index (χ1) is 13.9. The van der Waals surface area contributed by atoms with Gasteiger partial charge in [-0.2, -0.15) is 0 Å². The number of benzene rings is 1. The van der Waals surface area contributed by atoms with E-state index in [1.165, 1.54) is 18.6 Å². The van der Waals surface area contributed by atoms with Crippen LogP contribution in [0.2, 0.25) is 0 Å². The second-order valence-electron chi connectivity index (χ2n) is 8.62. The smallest absolute Gasteiger partial charge is 0.234 e. The van der Waals surface area contributed by atoms with Crippen LogP contribution < -0.4 is 10.2 Å². The van der Waals surface area contributed by atoms with Crippen LogP contribution in [0.4, 0.5) is 14.5 Å². The van der Waals surface area contributed by atoms with Gasteiger partial charge in [-0.3, -0.25) is 14.9 Å². The summed E-state index contributed by atoms with van der Waals surface area (Å²) < 4.78 is 35.8. The molecule has 3 saturated heterocycles. The number of rotatable bonds is 3. The molecule has 1 aromatic carbocycles. The highest BCUT2D eigenvalue weighted by Gasteiger charge is 2.39. The standard InChI is InChI=1S/C22H28F2N2O3/c1-2-14-5-6-22(29-13-14)7-9-26(10-8-22)15-11-17(23)20(18(24)12-15)16-3-4-19(27)25-21(16)28/h11-12,14,16H,2-10,13H2,1H3,(H,25,27,28)/t14-,16?/m0/s1. The van der Waals surface area contributed by atoms with Gasteiger partial charge in [0.05, 0.1) is 18.1 Å². The lowest BCUT2D eigenvalue weighted by Gasteiger charge is -2.46. The summed E-state index contributed by atoms with van der Waals surface area (Å²) in [6.45, 7) is 4.37. The number of imide groups is 1. The first-order valence-electron chi connectivity index (χ1n) is 10.6. The van der Waals surface area contributed by atoms with Gasteiger partial charge in [-0.15, -0.1) is 0 Å². The van der Waals surface area contributed by atoms with E-state index in [-0.39, 0.29) is 24.0 Å². The molecule has 2 amide bonds. The molecule has 0 saturated carbocycles. The molecule has 1 spiro atoms. The van der Waals surface area contributed by atoms with Gasteiger partial charge in [0, 0.05) is 30.8 Å². The minimum absolute atomic E-state index is 0.0874. The highest BCUT2D eigenvalue weighted by atomic mass is 19.1. The molecule has 3 aliphatic heterocycles. The third-order valence-corrected chi connectivity index (χ3v) is 6.90. The molecule has 7 heteroatoms. The summed E-state index contributed by atoms with van der Waals surface area (Å²) in [5.41, 5.74) is 0.160. The molecule has 2 atom stereocenters. The molecule has 1 N–H and O–H groups in total. The number of nitrogens with zero attached hydrogens (tertiary/aromatic N) is 1. The van der Waals surface area contributed by atoms with Crippen LogP contribution in [0, 0.1) is 17.6 Å². The van der Waals surface area contributed by atoms with Crippen LogP contribution in [0.1, 0.15) is 63.4 Å². The number of halogens is 2. The van der Waals surface area contributed by atoms with Gasteiger partial charge in [-0.25, -0.2) is 8.78 Å². The van der Waals surface area contributed by atoms with Gasteiger partial charge in [0.25, 0.3) is 0 Å². The van der Waals surface area contributed by atoms with Crippen LogP contribution in [-0.2, 0) is 14.3 Å². The number of carbonyl (C=O) groups excluding carboxylic acids is 2. The van der Waals surface area contributed by atoms with E-state index in [0.29, 0.717) is 24.7 Å². The largest absolute Gasteiger partial charge is 0.375 e. The van der Waals surface area contributed by atoms with Gasteiger partial charge in [0.2, 0.25) is 11.8 Å². The Hall–Kier alpha value is -2.02. The molecule has 1 aromatic rings. The minimum atomic E-state index is -0.964. The van der Waals surface area contributed by atoms with E-state index in [1.807, 2.05) is 4.90 Å². The van der Waals surface area contributed by atoms with Gasteiger partial charge in [-0.1, -0.05) is 13.3 Å². The van der Waals surface area contributed by atoms with E-state index in [0.717, 1.165) is 32.3 Å². The van der Waals surface area contributed by atoms with E-state index in [4.69, 9.17) is 4.74 Å². The summed E-state index contributed by atoms with van der Waals surface area (Å²) in [5, 5.41) is 2.16. The lowest BCUT2D eigenvalue weighted by atomic mass is 9.81. The molecule has 158 valence electrons. The van der Waals surface area contributed by atoms with Crippen molar-refractivity contribution in [2.45, 2.75) is 63.4 Å². The molecule has 0 bridgehead atoms. The van der Waals surface area contributed by atoms with Crippen LogP contribution in [-0.4, -0.2) is 37.1 Å². The predicted molar refractivity (Wildman–Crippen MR) is 105 cm³/mol. The molecule has 3 fully saturated rings. The fraction of sp³-hybridized carbons (Fsp3) is 0.636. The van der Waals surface area contributed by atoms with Crippen LogP contribution >= 0.6 is 0 Å². The normalized spacial score (nSPS) is 27.2. The van der Waals surface area contributed by atoms with Crippen molar-refractivity contribution in [3.05, 3.63) is 29.3 Å². The summed E-state index contributed by atoms with van der Waals surface area (Å²) in [5.74, 6) is -2.81. The maximum atomic E-state index is 14.8. The molecule has 0 aliphatic carbocycles. The fourth-order valence-electron chi connectivity index (χ4n) is 4.86. The van der Waals surface area contributed by atoms with Gasteiger partial charge in [-0.05, 0) is 50.2 Å². The lowest BCUT2D eigenvalue weighted by molar-refractivity contribution is -0.134. The minimum Gasteiger partial charge on any atom is -0.375 e. The Balaban J connectivity index is 1.45. The van der Waals surface area contributed by atoms with E-state index in [9.17, 15) is 18.4 Å². The maximum absolute atomic E-state index is 14.8. The highest BCUT2D eigenvalue weighted by molar-refractivity contribution is 6.01. The Morgan fingerprint density at radius 1 is 1.14 bits per heavy atom. The SMILES string of the molecule is CC[C@H]1CCC2(CCN(c3cc(F)c(C4CCC(=O)NC4=O)c(F)c3)CC2)OC1. The predicted octanol–water partition coefficient (Wildman–Crippen LogP) is 3.66. The Morgan fingerprint density at radius 3 is 2.38 bits per heavy atom. The third-order valence-electron chi connectivity index (χ3n) is 6.90. The number of amides is 2. The highest BCUT2D eigenvalue weighted by Crippen LogP contribution is 2.39. The zero-order chi connectivity index (χ0) is 20.6. The zero-order valence-electron chi connectivity index (χ0n) is 16.8. The van der Waals surface area contributed by atoms with Crippen LogP contribution in [0.5, 0.6) is 0 Å². The maximum Gasteiger partial charge on any atom is 0.234 e. The first kappa shape index (κ1) is 20.3. The van der Waals surface area contributed by atoms with E-state index >= 15 is 0 Å². The third kappa shape index (κ3) is 4.02. The van der Waals surface area contributed by atoms with Crippen molar-refractivity contribution >= 4 is 17.5 Å². The van der Waals surface area contributed by atoms with Gasteiger partial charge >= 0.3 is 0 Å². The fourth-order valence-corrected chi connectivity index (χ4v) is 4.86. The van der Waals surface area contributed by atoms with E-state index in [1.54, 1.807) is 0 Å². The van der Waals surface area contributed by atoms with Gasteiger partial charge in [0.1, 0.15) is 11.6 Å². The molecule has 29 heavy (non-hydrogen) atoms. The molecule has 0 radical (unpaired) electrons. The average molecular weight is 406 g/mol. The molecule has 4 rings (SSSR count). The topological polar surface area (TPSA) is 58.6 Å².